The molecule has 0 spiro atoms. The van der Waals surface area contributed by atoms with Crippen LogP contribution in [0.4, 0.5) is 0 Å². The molecule has 4 nitrogen and oxygen atoms in total. The summed E-state index contributed by atoms with van der Waals surface area (Å²) in [5.41, 5.74) is -0.471. The summed E-state index contributed by atoms with van der Waals surface area (Å²) in [7, 11) is 3.97. The molecule has 1 amide bonds. The van der Waals surface area contributed by atoms with Gasteiger partial charge in [0, 0.05) is 12.6 Å². The summed E-state index contributed by atoms with van der Waals surface area (Å²) < 4.78 is 0. The Bertz CT molecular complexity index is 240. The summed E-state index contributed by atoms with van der Waals surface area (Å²) in [5, 5.41) is 6.00. The molecule has 1 unspecified atom stereocenters. The fourth-order valence-corrected chi connectivity index (χ4v) is 2.03. The first-order chi connectivity index (χ1) is 7.47. The molecule has 16 heavy (non-hydrogen) atoms. The third kappa shape index (κ3) is 3.46. The lowest BCUT2D eigenvalue weighted by Gasteiger charge is -2.24. The molecule has 0 saturated carbocycles. The van der Waals surface area contributed by atoms with E-state index < -0.39 is 5.54 Å². The van der Waals surface area contributed by atoms with Crippen LogP contribution >= 0.6 is 0 Å². The highest BCUT2D eigenvalue weighted by atomic mass is 16.2. The van der Waals surface area contributed by atoms with Gasteiger partial charge in [-0.15, -0.1) is 0 Å². The fraction of sp³-hybridized carbons (Fsp3) is 0.917. The van der Waals surface area contributed by atoms with Crippen LogP contribution in [0.3, 0.4) is 0 Å². The number of carbonyl (C=O) groups excluding carboxylic acids is 1. The topological polar surface area (TPSA) is 44.4 Å². The average Bonchev–Trinajstić information content (AvgIpc) is 2.64. The predicted octanol–water partition coefficient (Wildman–Crippen LogP) is 0.585. The van der Waals surface area contributed by atoms with E-state index in [0.717, 1.165) is 13.0 Å². The summed E-state index contributed by atoms with van der Waals surface area (Å²) in [6, 6.07) is 0.651. The maximum Gasteiger partial charge on any atom is 0.239 e. The van der Waals surface area contributed by atoms with E-state index in [9.17, 15) is 4.79 Å². The maximum absolute atomic E-state index is 11.8. The van der Waals surface area contributed by atoms with Gasteiger partial charge < -0.3 is 15.5 Å². The van der Waals surface area contributed by atoms with Crippen LogP contribution in [0.1, 0.15) is 33.1 Å². The van der Waals surface area contributed by atoms with E-state index >= 15 is 0 Å². The summed E-state index contributed by atoms with van der Waals surface area (Å²) in [6.07, 6.45) is 3.61. The Hall–Kier alpha value is -0.610. The predicted molar refractivity (Wildman–Crippen MR) is 66.4 cm³/mol. The van der Waals surface area contributed by atoms with Crippen LogP contribution in [0.25, 0.3) is 0 Å². The van der Waals surface area contributed by atoms with Crippen molar-refractivity contribution in [2.45, 2.75) is 44.7 Å². The summed E-state index contributed by atoms with van der Waals surface area (Å²) in [5.74, 6) is 0.0793. The molecule has 1 aliphatic heterocycles. The second-order valence-corrected chi connectivity index (χ2v) is 5.20. The Balaban J connectivity index is 2.22. The van der Waals surface area contributed by atoms with Gasteiger partial charge in [0.15, 0.2) is 0 Å². The quantitative estimate of drug-likeness (QED) is 0.722. The SMILES string of the molecule is CNC(C)(C)C(=O)NCCC1CCCN1C. The molecule has 94 valence electrons. The van der Waals surface area contributed by atoms with Crippen LogP contribution in [-0.2, 0) is 4.79 Å². The molecule has 0 aromatic rings. The zero-order valence-electron chi connectivity index (χ0n) is 11.0. The lowest BCUT2D eigenvalue weighted by Crippen LogP contribution is -2.51. The van der Waals surface area contributed by atoms with E-state index in [4.69, 9.17) is 0 Å². The number of likely N-dealkylation sites (tertiary alicyclic amines) is 1. The van der Waals surface area contributed by atoms with E-state index in [1.807, 2.05) is 20.9 Å². The summed E-state index contributed by atoms with van der Waals surface area (Å²) in [6.45, 7) is 5.76. The Kier molecular flexibility index (Phi) is 4.74. The van der Waals surface area contributed by atoms with Crippen molar-refractivity contribution >= 4 is 5.91 Å². The van der Waals surface area contributed by atoms with Gasteiger partial charge in [-0.1, -0.05) is 0 Å². The van der Waals surface area contributed by atoms with Crippen LogP contribution in [0.15, 0.2) is 0 Å². The molecule has 2 N–H and O–H groups in total. The molecule has 0 aliphatic carbocycles. The van der Waals surface area contributed by atoms with Crippen molar-refractivity contribution in [3.8, 4) is 0 Å². The highest BCUT2D eigenvalue weighted by Crippen LogP contribution is 2.17. The third-order valence-electron chi connectivity index (χ3n) is 3.63. The molecule has 0 bridgehead atoms. The molecule has 0 aromatic carbocycles. The van der Waals surface area contributed by atoms with Crippen LogP contribution in [-0.4, -0.2) is 49.6 Å². The molecule has 0 aromatic heterocycles. The second-order valence-electron chi connectivity index (χ2n) is 5.20. The molecule has 1 heterocycles. The number of likely N-dealkylation sites (N-methyl/N-ethyl adjacent to an activating group) is 1. The fourth-order valence-electron chi connectivity index (χ4n) is 2.03. The number of nitrogens with zero attached hydrogens (tertiary/aromatic N) is 1. The molecule has 1 aliphatic rings. The summed E-state index contributed by atoms with van der Waals surface area (Å²) in [4.78, 5) is 14.1. The first-order valence-corrected chi connectivity index (χ1v) is 6.15. The van der Waals surface area contributed by atoms with Crippen molar-refractivity contribution in [2.24, 2.45) is 0 Å². The van der Waals surface area contributed by atoms with Crippen molar-refractivity contribution < 1.29 is 4.79 Å². The Morgan fingerprint density at radius 2 is 2.19 bits per heavy atom. The van der Waals surface area contributed by atoms with Gasteiger partial charge in [0.25, 0.3) is 0 Å². The van der Waals surface area contributed by atoms with E-state index in [1.165, 1.54) is 19.4 Å². The monoisotopic (exact) mass is 227 g/mol. The highest BCUT2D eigenvalue weighted by Gasteiger charge is 2.25. The van der Waals surface area contributed by atoms with Gasteiger partial charge in [-0.2, -0.15) is 0 Å². The molecule has 1 fully saturated rings. The van der Waals surface area contributed by atoms with Crippen molar-refractivity contribution in [2.75, 3.05) is 27.2 Å². The molecule has 4 heteroatoms. The number of hydrogen-bond acceptors (Lipinski definition) is 3. The number of amides is 1. The first kappa shape index (κ1) is 13.5. The lowest BCUT2D eigenvalue weighted by molar-refractivity contribution is -0.126. The van der Waals surface area contributed by atoms with Crippen molar-refractivity contribution in [1.82, 2.24) is 15.5 Å². The van der Waals surface area contributed by atoms with Gasteiger partial charge in [-0.25, -0.2) is 0 Å². The maximum atomic E-state index is 11.8. The number of nitrogens with one attached hydrogen (secondary N) is 2. The van der Waals surface area contributed by atoms with Crippen LogP contribution in [0.2, 0.25) is 0 Å². The van der Waals surface area contributed by atoms with E-state index in [0.29, 0.717) is 6.04 Å². The standard InChI is InChI=1S/C12H25N3O/c1-12(2,13-3)11(16)14-8-7-10-6-5-9-15(10)4/h10,13H,5-9H2,1-4H3,(H,14,16). The Morgan fingerprint density at radius 3 is 2.69 bits per heavy atom. The Morgan fingerprint density at radius 1 is 1.50 bits per heavy atom. The number of rotatable bonds is 5. The average molecular weight is 227 g/mol. The number of hydrogen-bond donors (Lipinski definition) is 2. The van der Waals surface area contributed by atoms with E-state index in [-0.39, 0.29) is 5.91 Å². The largest absolute Gasteiger partial charge is 0.354 e. The molecule has 1 atom stereocenters. The molecule has 0 radical (unpaired) electrons. The van der Waals surface area contributed by atoms with Crippen LogP contribution < -0.4 is 10.6 Å². The van der Waals surface area contributed by atoms with Gasteiger partial charge in [0.1, 0.15) is 0 Å². The summed E-state index contributed by atoms with van der Waals surface area (Å²) >= 11 is 0. The lowest BCUT2D eigenvalue weighted by atomic mass is 10.0. The van der Waals surface area contributed by atoms with E-state index in [1.54, 1.807) is 0 Å². The van der Waals surface area contributed by atoms with Crippen molar-refractivity contribution in [3.05, 3.63) is 0 Å². The normalized spacial score (nSPS) is 22.4. The van der Waals surface area contributed by atoms with Gasteiger partial charge in [-0.05, 0) is 53.8 Å². The zero-order chi connectivity index (χ0) is 12.2. The van der Waals surface area contributed by atoms with Crippen LogP contribution in [0.5, 0.6) is 0 Å². The molecular formula is C12H25N3O. The highest BCUT2D eigenvalue weighted by molar-refractivity contribution is 5.85. The van der Waals surface area contributed by atoms with Crippen molar-refractivity contribution in [1.29, 1.82) is 0 Å². The molecule has 1 saturated heterocycles. The van der Waals surface area contributed by atoms with Gasteiger partial charge in [0.05, 0.1) is 5.54 Å². The minimum atomic E-state index is -0.471. The van der Waals surface area contributed by atoms with E-state index in [2.05, 4.69) is 22.6 Å². The molecule has 1 rings (SSSR count). The van der Waals surface area contributed by atoms with Gasteiger partial charge in [0.2, 0.25) is 5.91 Å². The van der Waals surface area contributed by atoms with Gasteiger partial charge in [-0.3, -0.25) is 4.79 Å². The Labute approximate surface area is 98.8 Å². The first-order valence-electron chi connectivity index (χ1n) is 6.15. The minimum Gasteiger partial charge on any atom is -0.354 e. The van der Waals surface area contributed by atoms with Crippen molar-refractivity contribution in [3.63, 3.8) is 0 Å². The smallest absolute Gasteiger partial charge is 0.239 e. The minimum absolute atomic E-state index is 0.0793. The van der Waals surface area contributed by atoms with Gasteiger partial charge >= 0.3 is 0 Å². The van der Waals surface area contributed by atoms with Crippen LogP contribution in [0, 0.1) is 0 Å². The third-order valence-corrected chi connectivity index (χ3v) is 3.63. The molecular weight excluding hydrogens is 202 g/mol. The number of carbonyl (C=O) groups is 1. The zero-order valence-corrected chi connectivity index (χ0v) is 11.0. The second kappa shape index (κ2) is 5.64.